The van der Waals surface area contributed by atoms with Gasteiger partial charge in [0.25, 0.3) is 0 Å². The fourth-order valence-electron chi connectivity index (χ4n) is 6.16. The van der Waals surface area contributed by atoms with Gasteiger partial charge in [-0.2, -0.15) is 0 Å². The number of pyridine rings is 1. The van der Waals surface area contributed by atoms with Gasteiger partial charge in [-0.15, -0.1) is 0 Å². The van der Waals surface area contributed by atoms with Crippen molar-refractivity contribution >= 4 is 29.6 Å². The maximum Gasteiger partial charge on any atom is 0.407 e. The summed E-state index contributed by atoms with van der Waals surface area (Å²) < 4.78 is 16.7. The van der Waals surface area contributed by atoms with Gasteiger partial charge in [0.1, 0.15) is 30.6 Å². The standard InChI is InChI=1S/C43H50N4O7/c1-43(2,3)54-42(51)45-27-32-9-15-35(16-10-32)40(49)47-38(25-30-13-19-37(20-14-30)52-28-34-21-23-44-24-22-34)41(50)46-36-17-11-31(12-18-36)26-39(48)53-29-33-7-5-4-6-8-33/h4-8,11-14,17-24,32,35,38H,9-10,15-16,25-29H2,1-3H3,(H,45,51)(H,46,50)(H,47,49)/t32?,35?,38-/m0/s1. The van der Waals surface area contributed by atoms with Crippen LogP contribution in [0.25, 0.3) is 0 Å². The highest BCUT2D eigenvalue weighted by Crippen LogP contribution is 2.29. The molecule has 0 bridgehead atoms. The van der Waals surface area contributed by atoms with E-state index in [0.29, 0.717) is 37.4 Å². The number of hydrogen-bond acceptors (Lipinski definition) is 8. The maximum atomic E-state index is 13.8. The van der Waals surface area contributed by atoms with Crippen LogP contribution in [-0.2, 0) is 49.9 Å². The predicted molar refractivity (Wildman–Crippen MR) is 205 cm³/mol. The van der Waals surface area contributed by atoms with Crippen LogP contribution in [0, 0.1) is 11.8 Å². The molecule has 1 heterocycles. The highest BCUT2D eigenvalue weighted by Gasteiger charge is 2.30. The first-order valence-electron chi connectivity index (χ1n) is 18.5. The summed E-state index contributed by atoms with van der Waals surface area (Å²) in [6.45, 7) is 6.56. The quantitative estimate of drug-likeness (QED) is 0.111. The van der Waals surface area contributed by atoms with Crippen LogP contribution in [0.2, 0.25) is 0 Å². The molecule has 1 fully saturated rings. The van der Waals surface area contributed by atoms with Crippen molar-refractivity contribution < 1.29 is 33.4 Å². The molecule has 3 N–H and O–H groups in total. The van der Waals surface area contributed by atoms with Crippen LogP contribution in [0.1, 0.15) is 68.7 Å². The summed E-state index contributed by atoms with van der Waals surface area (Å²) in [6.07, 6.45) is 6.21. The van der Waals surface area contributed by atoms with Gasteiger partial charge in [-0.05, 0) is 111 Å². The van der Waals surface area contributed by atoms with E-state index in [1.165, 1.54) is 0 Å². The molecule has 1 aliphatic rings. The number of nitrogens with zero attached hydrogens (tertiary/aromatic N) is 1. The van der Waals surface area contributed by atoms with Crippen molar-refractivity contribution in [3.63, 3.8) is 0 Å². The molecule has 3 amide bonds. The normalized spacial score (nSPS) is 16.0. The first-order valence-corrected chi connectivity index (χ1v) is 18.5. The minimum atomic E-state index is -0.847. The Labute approximate surface area is 317 Å². The Bertz CT molecular complexity index is 1800. The molecule has 0 saturated heterocycles. The fourth-order valence-corrected chi connectivity index (χ4v) is 6.16. The molecule has 284 valence electrons. The average Bonchev–Trinajstić information content (AvgIpc) is 3.17. The van der Waals surface area contributed by atoms with E-state index in [1.807, 2.05) is 87.5 Å². The molecular weight excluding hydrogens is 684 g/mol. The van der Waals surface area contributed by atoms with Crippen LogP contribution >= 0.6 is 0 Å². The molecule has 0 spiro atoms. The lowest BCUT2D eigenvalue weighted by Crippen LogP contribution is -2.48. The first kappa shape index (κ1) is 39.5. The van der Waals surface area contributed by atoms with Gasteiger partial charge >= 0.3 is 12.1 Å². The summed E-state index contributed by atoms with van der Waals surface area (Å²) in [4.78, 5) is 55.9. The summed E-state index contributed by atoms with van der Waals surface area (Å²) in [5, 5.41) is 8.83. The van der Waals surface area contributed by atoms with Crippen LogP contribution in [0.5, 0.6) is 5.75 Å². The lowest BCUT2D eigenvalue weighted by atomic mass is 9.81. The van der Waals surface area contributed by atoms with Gasteiger partial charge in [-0.3, -0.25) is 19.4 Å². The number of anilines is 1. The van der Waals surface area contributed by atoms with Crippen molar-refractivity contribution in [2.24, 2.45) is 11.8 Å². The predicted octanol–water partition coefficient (Wildman–Crippen LogP) is 6.94. The molecule has 1 aromatic heterocycles. The molecule has 11 heteroatoms. The number of esters is 1. The molecule has 54 heavy (non-hydrogen) atoms. The van der Waals surface area contributed by atoms with Gasteiger partial charge in [0.2, 0.25) is 11.8 Å². The average molecular weight is 735 g/mol. The third-order valence-corrected chi connectivity index (χ3v) is 9.12. The van der Waals surface area contributed by atoms with Crippen molar-refractivity contribution in [2.75, 3.05) is 11.9 Å². The molecule has 1 atom stereocenters. The van der Waals surface area contributed by atoms with E-state index in [1.54, 1.807) is 36.7 Å². The number of alkyl carbamates (subject to hydrolysis) is 1. The van der Waals surface area contributed by atoms with E-state index < -0.39 is 17.7 Å². The number of carbonyl (C=O) groups excluding carboxylic acids is 4. The summed E-state index contributed by atoms with van der Waals surface area (Å²) >= 11 is 0. The number of aromatic nitrogens is 1. The zero-order chi connectivity index (χ0) is 38.3. The largest absolute Gasteiger partial charge is 0.489 e. The lowest BCUT2D eigenvalue weighted by Gasteiger charge is -2.29. The van der Waals surface area contributed by atoms with Crippen LogP contribution in [0.4, 0.5) is 10.5 Å². The fraction of sp³-hybridized carbons (Fsp3) is 0.372. The Kier molecular flexibility index (Phi) is 14.2. The zero-order valence-electron chi connectivity index (χ0n) is 31.2. The maximum absolute atomic E-state index is 13.8. The Morgan fingerprint density at radius 1 is 0.759 bits per heavy atom. The Morgan fingerprint density at radius 2 is 1.41 bits per heavy atom. The second-order valence-electron chi connectivity index (χ2n) is 14.7. The van der Waals surface area contributed by atoms with E-state index in [9.17, 15) is 19.2 Å². The Balaban J connectivity index is 1.17. The SMILES string of the molecule is CC(C)(C)OC(=O)NCC1CCC(C(=O)N[C@@H](Cc2ccc(OCc3ccncc3)cc2)C(=O)Nc2ccc(CC(=O)OCc3ccccc3)cc2)CC1. The second kappa shape index (κ2) is 19.4. The monoisotopic (exact) mass is 734 g/mol. The number of benzene rings is 3. The van der Waals surface area contributed by atoms with Crippen LogP contribution in [0.15, 0.2) is 103 Å². The third kappa shape index (κ3) is 13.4. The van der Waals surface area contributed by atoms with Crippen molar-refractivity contribution in [1.82, 2.24) is 15.6 Å². The Hall–Kier alpha value is -5.71. The molecule has 1 aliphatic carbocycles. The van der Waals surface area contributed by atoms with Gasteiger partial charge in [0, 0.05) is 37.0 Å². The molecule has 0 aliphatic heterocycles. The summed E-state index contributed by atoms with van der Waals surface area (Å²) in [7, 11) is 0. The van der Waals surface area contributed by atoms with E-state index >= 15 is 0 Å². The van der Waals surface area contributed by atoms with E-state index in [4.69, 9.17) is 14.2 Å². The van der Waals surface area contributed by atoms with Crippen LogP contribution in [0.3, 0.4) is 0 Å². The smallest absolute Gasteiger partial charge is 0.407 e. The van der Waals surface area contributed by atoms with Gasteiger partial charge in [-0.25, -0.2) is 4.79 Å². The van der Waals surface area contributed by atoms with Crippen molar-refractivity contribution in [3.8, 4) is 5.75 Å². The lowest BCUT2D eigenvalue weighted by molar-refractivity contribution is -0.144. The Morgan fingerprint density at radius 3 is 2.07 bits per heavy atom. The van der Waals surface area contributed by atoms with Gasteiger partial charge < -0.3 is 30.2 Å². The highest BCUT2D eigenvalue weighted by molar-refractivity contribution is 5.97. The molecular formula is C43H50N4O7. The van der Waals surface area contributed by atoms with Crippen molar-refractivity contribution in [1.29, 1.82) is 0 Å². The first-order chi connectivity index (χ1) is 26.0. The van der Waals surface area contributed by atoms with Crippen molar-refractivity contribution in [2.45, 2.75) is 84.2 Å². The summed E-state index contributed by atoms with van der Waals surface area (Å²) in [6, 6.07) is 26.9. The highest BCUT2D eigenvalue weighted by atomic mass is 16.6. The molecule has 1 saturated carbocycles. The number of ether oxygens (including phenoxy) is 3. The summed E-state index contributed by atoms with van der Waals surface area (Å²) in [5.41, 5.74) is 3.49. The van der Waals surface area contributed by atoms with Gasteiger partial charge in [0.15, 0.2) is 0 Å². The molecule has 11 nitrogen and oxygen atoms in total. The molecule has 0 radical (unpaired) electrons. The number of amides is 3. The number of nitrogens with one attached hydrogen (secondary N) is 3. The van der Waals surface area contributed by atoms with Gasteiger partial charge in [-0.1, -0.05) is 54.6 Å². The molecule has 4 aromatic rings. The van der Waals surface area contributed by atoms with Gasteiger partial charge in [0.05, 0.1) is 6.42 Å². The second-order valence-corrected chi connectivity index (χ2v) is 14.7. The van der Waals surface area contributed by atoms with E-state index in [-0.39, 0.29) is 49.1 Å². The number of rotatable bonds is 15. The number of carbonyl (C=O) groups is 4. The van der Waals surface area contributed by atoms with Crippen LogP contribution in [-0.4, -0.2) is 47.0 Å². The van der Waals surface area contributed by atoms with Crippen molar-refractivity contribution in [3.05, 3.63) is 126 Å². The molecule has 0 unspecified atom stereocenters. The van der Waals surface area contributed by atoms with Crippen LogP contribution < -0.4 is 20.7 Å². The number of hydrogen-bond donors (Lipinski definition) is 3. The third-order valence-electron chi connectivity index (χ3n) is 9.12. The van der Waals surface area contributed by atoms with E-state index in [0.717, 1.165) is 35.1 Å². The minimum Gasteiger partial charge on any atom is -0.489 e. The van der Waals surface area contributed by atoms with E-state index in [2.05, 4.69) is 20.9 Å². The minimum absolute atomic E-state index is 0.0985. The topological polar surface area (TPSA) is 145 Å². The summed E-state index contributed by atoms with van der Waals surface area (Å²) in [5.74, 6) is -0.193. The molecule has 3 aromatic carbocycles. The zero-order valence-corrected chi connectivity index (χ0v) is 31.2. The molecule has 5 rings (SSSR count).